The fraction of sp³-hybridized carbons (Fsp3) is 0.0690. The van der Waals surface area contributed by atoms with Crippen LogP contribution in [0.3, 0.4) is 0 Å². The second-order valence-corrected chi connectivity index (χ2v) is 8.91. The van der Waals surface area contributed by atoms with Crippen molar-refractivity contribution in [1.82, 2.24) is 0 Å². The number of ketones is 1. The Morgan fingerprint density at radius 1 is 0.882 bits per heavy atom. The number of hydrogen-bond donors (Lipinski definition) is 0. The van der Waals surface area contributed by atoms with Crippen LogP contribution in [0.4, 0.5) is 0 Å². The summed E-state index contributed by atoms with van der Waals surface area (Å²) in [6.45, 7) is 2.15. The van der Waals surface area contributed by atoms with Crippen molar-refractivity contribution in [3.63, 3.8) is 0 Å². The molecule has 0 radical (unpaired) electrons. The minimum Gasteiger partial charge on any atom is -0.489 e. The van der Waals surface area contributed by atoms with Crippen molar-refractivity contribution in [2.24, 2.45) is 0 Å². The van der Waals surface area contributed by atoms with Gasteiger partial charge in [-0.1, -0.05) is 83.9 Å². The number of ether oxygens (including phenoxy) is 2. The van der Waals surface area contributed by atoms with Crippen LogP contribution in [0.5, 0.6) is 11.5 Å². The molecule has 0 saturated carbocycles. The highest BCUT2D eigenvalue weighted by Crippen LogP contribution is 2.38. The summed E-state index contributed by atoms with van der Waals surface area (Å²) in [4.78, 5) is 13.0. The molecule has 0 aromatic heterocycles. The third-order valence-electron chi connectivity index (χ3n) is 5.67. The predicted molar refractivity (Wildman–Crippen MR) is 137 cm³/mol. The van der Waals surface area contributed by atoms with Gasteiger partial charge in [-0.3, -0.25) is 4.79 Å². The second kappa shape index (κ2) is 9.38. The van der Waals surface area contributed by atoms with Crippen LogP contribution in [-0.4, -0.2) is 5.78 Å². The van der Waals surface area contributed by atoms with E-state index < -0.39 is 0 Å². The number of halogens is 2. The Morgan fingerprint density at radius 2 is 1.62 bits per heavy atom. The second-order valence-electron chi connectivity index (χ2n) is 8.07. The topological polar surface area (TPSA) is 35.5 Å². The van der Waals surface area contributed by atoms with Gasteiger partial charge in [0, 0.05) is 21.7 Å². The SMILES string of the molecule is Cc1cc(OCc2ccc(Cl)cc2Cl)cc2c1C(=O)/C(=C/c1ccc(-c3ccccc3)cc1)O2. The monoisotopic (exact) mass is 486 g/mol. The van der Waals surface area contributed by atoms with Gasteiger partial charge in [-0.2, -0.15) is 0 Å². The smallest absolute Gasteiger partial charge is 0.232 e. The Kier molecular flexibility index (Phi) is 6.14. The zero-order valence-corrected chi connectivity index (χ0v) is 19.9. The van der Waals surface area contributed by atoms with E-state index in [4.69, 9.17) is 32.7 Å². The highest BCUT2D eigenvalue weighted by atomic mass is 35.5. The van der Waals surface area contributed by atoms with Crippen LogP contribution in [0.15, 0.2) is 90.7 Å². The first-order valence-electron chi connectivity index (χ1n) is 10.8. The van der Waals surface area contributed by atoms with Crippen LogP contribution in [0.1, 0.15) is 27.0 Å². The van der Waals surface area contributed by atoms with Gasteiger partial charge in [0.2, 0.25) is 5.78 Å². The summed E-state index contributed by atoms with van der Waals surface area (Å²) >= 11 is 12.2. The predicted octanol–water partition coefficient (Wildman–Crippen LogP) is 8.16. The van der Waals surface area contributed by atoms with Crippen molar-refractivity contribution in [2.75, 3.05) is 0 Å². The summed E-state index contributed by atoms with van der Waals surface area (Å²) in [5, 5.41) is 1.11. The molecule has 168 valence electrons. The van der Waals surface area contributed by atoms with Gasteiger partial charge in [-0.25, -0.2) is 0 Å². The maximum Gasteiger partial charge on any atom is 0.232 e. The summed E-state index contributed by atoms with van der Waals surface area (Å²) in [6, 6.07) is 27.0. The first-order valence-corrected chi connectivity index (χ1v) is 11.5. The Hall–Kier alpha value is -3.53. The zero-order chi connectivity index (χ0) is 23.7. The first kappa shape index (κ1) is 22.3. The number of hydrogen-bond acceptors (Lipinski definition) is 3. The number of allylic oxidation sites excluding steroid dienone is 1. The van der Waals surface area contributed by atoms with E-state index in [0.717, 1.165) is 27.8 Å². The van der Waals surface area contributed by atoms with Gasteiger partial charge in [0.1, 0.15) is 18.1 Å². The van der Waals surface area contributed by atoms with Gasteiger partial charge in [0.25, 0.3) is 0 Å². The van der Waals surface area contributed by atoms with Crippen LogP contribution in [0.25, 0.3) is 17.2 Å². The molecule has 34 heavy (non-hydrogen) atoms. The van der Waals surface area contributed by atoms with E-state index in [0.29, 0.717) is 32.9 Å². The van der Waals surface area contributed by atoms with Crippen LogP contribution < -0.4 is 9.47 Å². The average molecular weight is 487 g/mol. The fourth-order valence-corrected chi connectivity index (χ4v) is 4.38. The van der Waals surface area contributed by atoms with E-state index in [1.807, 2.05) is 61.5 Å². The van der Waals surface area contributed by atoms with E-state index in [1.165, 1.54) is 0 Å². The molecule has 0 spiro atoms. The lowest BCUT2D eigenvalue weighted by Gasteiger charge is -2.10. The van der Waals surface area contributed by atoms with Gasteiger partial charge in [0.05, 0.1) is 5.56 Å². The summed E-state index contributed by atoms with van der Waals surface area (Å²) in [5.41, 5.74) is 5.32. The molecule has 0 atom stereocenters. The lowest BCUT2D eigenvalue weighted by molar-refractivity contribution is 0.101. The molecule has 0 bridgehead atoms. The van der Waals surface area contributed by atoms with Crippen molar-refractivity contribution in [3.8, 4) is 22.6 Å². The van der Waals surface area contributed by atoms with Gasteiger partial charge in [0.15, 0.2) is 5.76 Å². The molecule has 5 heteroatoms. The molecule has 4 aromatic rings. The van der Waals surface area contributed by atoms with E-state index in [2.05, 4.69) is 12.1 Å². The maximum atomic E-state index is 13.0. The van der Waals surface area contributed by atoms with Crippen LogP contribution in [-0.2, 0) is 6.61 Å². The molecular weight excluding hydrogens is 467 g/mol. The standard InChI is InChI=1S/C29H20Cl2O3/c1-18-13-24(33-17-22-11-12-23(30)15-25(22)31)16-26-28(18)29(32)27(34-26)14-19-7-9-21(10-8-19)20-5-3-2-4-6-20/h2-16H,17H2,1H3/b27-14-. The molecule has 4 aromatic carbocycles. The highest BCUT2D eigenvalue weighted by molar-refractivity contribution is 6.35. The molecule has 5 rings (SSSR count). The molecule has 1 aliphatic heterocycles. The van der Waals surface area contributed by atoms with Crippen molar-refractivity contribution >= 4 is 35.1 Å². The van der Waals surface area contributed by atoms with Crippen molar-refractivity contribution in [3.05, 3.63) is 123 Å². The molecular formula is C29H20Cl2O3. The molecule has 1 aliphatic rings. The van der Waals surface area contributed by atoms with Crippen LogP contribution in [0, 0.1) is 6.92 Å². The molecule has 0 N–H and O–H groups in total. The fourth-order valence-electron chi connectivity index (χ4n) is 3.91. The number of aryl methyl sites for hydroxylation is 1. The Bertz CT molecular complexity index is 1410. The van der Waals surface area contributed by atoms with Crippen molar-refractivity contribution < 1.29 is 14.3 Å². The van der Waals surface area contributed by atoms with Gasteiger partial charge in [-0.15, -0.1) is 0 Å². The number of Topliss-reactive ketones (excluding diaryl/α,β-unsaturated/α-hetero) is 1. The maximum absolute atomic E-state index is 13.0. The normalized spacial score (nSPS) is 13.6. The third-order valence-corrected chi connectivity index (χ3v) is 6.26. The average Bonchev–Trinajstić information content (AvgIpc) is 3.15. The lowest BCUT2D eigenvalue weighted by atomic mass is 10.0. The molecule has 0 unspecified atom stereocenters. The Morgan fingerprint density at radius 3 is 2.35 bits per heavy atom. The number of fused-ring (bicyclic) bond motifs is 1. The molecule has 0 aliphatic carbocycles. The minimum absolute atomic E-state index is 0.132. The first-order chi connectivity index (χ1) is 16.5. The number of carbonyl (C=O) groups excluding carboxylic acids is 1. The largest absolute Gasteiger partial charge is 0.489 e. The summed E-state index contributed by atoms with van der Waals surface area (Å²) in [7, 11) is 0. The van der Waals surface area contributed by atoms with E-state index in [-0.39, 0.29) is 12.4 Å². The van der Waals surface area contributed by atoms with Gasteiger partial charge >= 0.3 is 0 Å². The highest BCUT2D eigenvalue weighted by Gasteiger charge is 2.30. The Balaban J connectivity index is 1.34. The van der Waals surface area contributed by atoms with Gasteiger partial charge < -0.3 is 9.47 Å². The quantitative estimate of drug-likeness (QED) is 0.267. The lowest BCUT2D eigenvalue weighted by Crippen LogP contribution is -2.00. The molecule has 1 heterocycles. The third kappa shape index (κ3) is 4.58. The number of rotatable bonds is 5. The zero-order valence-electron chi connectivity index (χ0n) is 18.3. The van der Waals surface area contributed by atoms with Gasteiger partial charge in [-0.05, 0) is 53.5 Å². The Labute approximate surface area is 208 Å². The van der Waals surface area contributed by atoms with Crippen LogP contribution >= 0.6 is 23.2 Å². The van der Waals surface area contributed by atoms with Crippen molar-refractivity contribution in [2.45, 2.75) is 13.5 Å². The molecule has 3 nitrogen and oxygen atoms in total. The van der Waals surface area contributed by atoms with E-state index in [1.54, 1.807) is 24.3 Å². The molecule has 0 saturated heterocycles. The molecule has 0 amide bonds. The van der Waals surface area contributed by atoms with Crippen LogP contribution in [0.2, 0.25) is 10.0 Å². The van der Waals surface area contributed by atoms with Crippen molar-refractivity contribution in [1.29, 1.82) is 0 Å². The van der Waals surface area contributed by atoms with E-state index >= 15 is 0 Å². The number of carbonyl (C=O) groups is 1. The van der Waals surface area contributed by atoms with E-state index in [9.17, 15) is 4.79 Å². The number of benzene rings is 4. The minimum atomic E-state index is -0.132. The molecule has 0 fully saturated rings. The summed E-state index contributed by atoms with van der Waals surface area (Å²) < 4.78 is 11.9. The summed E-state index contributed by atoms with van der Waals surface area (Å²) in [6.07, 6.45) is 1.77. The summed E-state index contributed by atoms with van der Waals surface area (Å²) in [5.74, 6) is 1.26.